The van der Waals surface area contributed by atoms with E-state index in [-0.39, 0.29) is 10.8 Å². The maximum atomic E-state index is 9.69. The number of hydrogen-bond acceptors (Lipinski definition) is 4. The van der Waals surface area contributed by atoms with E-state index in [9.17, 15) is 5.11 Å². The molecule has 0 heterocycles. The van der Waals surface area contributed by atoms with Gasteiger partial charge < -0.3 is 5.11 Å². The largest absolute Gasteiger partial charge is 0.506 e. The Labute approximate surface area is 119 Å². The first-order valence-electron chi connectivity index (χ1n) is 4.49. The molecule has 0 aromatic heterocycles. The lowest BCUT2D eigenvalue weighted by Gasteiger charge is -2.11. The molecule has 0 unspecified atom stereocenters. The highest BCUT2D eigenvalue weighted by Crippen LogP contribution is 2.30. The average molecular weight is 309 g/mol. The van der Waals surface area contributed by atoms with E-state index in [0.717, 1.165) is 0 Å². The summed E-state index contributed by atoms with van der Waals surface area (Å²) in [6, 6.07) is 3.04. The summed E-state index contributed by atoms with van der Waals surface area (Å²) in [6.07, 6.45) is 3.32. The lowest BCUT2D eigenvalue weighted by molar-refractivity contribution is 0.474. The molecule has 0 spiro atoms. The summed E-state index contributed by atoms with van der Waals surface area (Å²) in [6.45, 7) is 0. The second kappa shape index (κ2) is 6.44. The van der Waals surface area contributed by atoms with Crippen LogP contribution in [0.3, 0.4) is 0 Å². The topological polar surface area (TPSA) is 35.8 Å². The molecule has 17 heavy (non-hydrogen) atoms. The van der Waals surface area contributed by atoms with E-state index < -0.39 is 0 Å². The third-order valence-electron chi connectivity index (χ3n) is 1.87. The van der Waals surface area contributed by atoms with Gasteiger partial charge in [0.1, 0.15) is 5.75 Å². The van der Waals surface area contributed by atoms with Gasteiger partial charge in [0.15, 0.2) is 4.32 Å². The Morgan fingerprint density at radius 2 is 2.18 bits per heavy atom. The van der Waals surface area contributed by atoms with Crippen LogP contribution >= 0.6 is 47.2 Å². The number of thioether (sulfide) groups is 1. The van der Waals surface area contributed by atoms with Crippen LogP contribution in [-0.2, 0) is 0 Å². The highest BCUT2D eigenvalue weighted by atomic mass is 35.5. The van der Waals surface area contributed by atoms with Crippen molar-refractivity contribution in [3.05, 3.63) is 27.7 Å². The van der Waals surface area contributed by atoms with Crippen molar-refractivity contribution >= 4 is 57.7 Å². The summed E-state index contributed by atoms with van der Waals surface area (Å²) in [5.41, 5.74) is 0.443. The summed E-state index contributed by atoms with van der Waals surface area (Å²) in [5.74, 6) is -0.0525. The van der Waals surface area contributed by atoms with Crippen LogP contribution in [0.4, 0.5) is 0 Å². The standard InChI is InChI=1S/C10H10Cl2N2OS2/c1-14(10(16)17-2)13-5-6-3-7(11)4-8(12)9(6)15/h3-5,15H,1-2H3. The second-order valence-electron chi connectivity index (χ2n) is 3.06. The first-order chi connectivity index (χ1) is 7.95. The summed E-state index contributed by atoms with van der Waals surface area (Å²) in [5, 5.41) is 15.9. The van der Waals surface area contributed by atoms with Crippen molar-refractivity contribution in [3.8, 4) is 5.75 Å². The molecule has 1 aromatic rings. The number of phenolic OH excluding ortho intramolecular Hbond substituents is 1. The number of nitrogens with zero attached hydrogens (tertiary/aromatic N) is 2. The van der Waals surface area contributed by atoms with Gasteiger partial charge in [-0.15, -0.1) is 0 Å². The molecule has 0 amide bonds. The zero-order valence-electron chi connectivity index (χ0n) is 9.15. The molecule has 1 rings (SSSR count). The van der Waals surface area contributed by atoms with Crippen LogP contribution in [0, 0.1) is 0 Å². The van der Waals surface area contributed by atoms with Crippen molar-refractivity contribution in [2.24, 2.45) is 5.10 Å². The van der Waals surface area contributed by atoms with E-state index in [1.165, 1.54) is 29.1 Å². The average Bonchev–Trinajstić information content (AvgIpc) is 2.30. The minimum Gasteiger partial charge on any atom is -0.506 e. The number of aromatic hydroxyl groups is 1. The summed E-state index contributed by atoms with van der Waals surface area (Å²) in [7, 11) is 1.72. The molecular formula is C10H10Cl2N2OS2. The number of hydrazone groups is 1. The Hall–Kier alpha value is -0.490. The molecule has 7 heteroatoms. The molecule has 0 fully saturated rings. The van der Waals surface area contributed by atoms with Crippen LogP contribution in [-0.4, -0.2) is 34.0 Å². The van der Waals surface area contributed by atoms with Crippen LogP contribution in [0.15, 0.2) is 17.2 Å². The van der Waals surface area contributed by atoms with Crippen molar-refractivity contribution in [2.75, 3.05) is 13.3 Å². The number of hydrogen-bond donors (Lipinski definition) is 1. The van der Waals surface area contributed by atoms with E-state index in [1.54, 1.807) is 13.1 Å². The number of benzene rings is 1. The van der Waals surface area contributed by atoms with Crippen LogP contribution < -0.4 is 0 Å². The fourth-order valence-electron chi connectivity index (χ4n) is 1.01. The Morgan fingerprint density at radius 1 is 1.53 bits per heavy atom. The van der Waals surface area contributed by atoms with Crippen molar-refractivity contribution < 1.29 is 5.11 Å². The van der Waals surface area contributed by atoms with E-state index in [2.05, 4.69) is 5.10 Å². The van der Waals surface area contributed by atoms with Crippen LogP contribution in [0.5, 0.6) is 5.75 Å². The lowest BCUT2D eigenvalue weighted by atomic mass is 10.2. The minimum atomic E-state index is -0.0525. The fourth-order valence-corrected chi connectivity index (χ4v) is 1.88. The molecule has 0 aliphatic heterocycles. The monoisotopic (exact) mass is 308 g/mol. The summed E-state index contributed by atoms with van der Waals surface area (Å²) < 4.78 is 0.619. The second-order valence-corrected chi connectivity index (χ2v) is 5.35. The van der Waals surface area contributed by atoms with Gasteiger partial charge in [-0.2, -0.15) is 5.10 Å². The van der Waals surface area contributed by atoms with Crippen molar-refractivity contribution in [1.29, 1.82) is 0 Å². The maximum absolute atomic E-state index is 9.69. The van der Waals surface area contributed by atoms with Gasteiger partial charge in [0.05, 0.1) is 11.2 Å². The third-order valence-corrected chi connectivity index (χ3v) is 3.75. The van der Waals surface area contributed by atoms with Gasteiger partial charge in [-0.1, -0.05) is 47.2 Å². The zero-order chi connectivity index (χ0) is 13.0. The molecule has 0 radical (unpaired) electrons. The first kappa shape index (κ1) is 14.6. The minimum absolute atomic E-state index is 0.0525. The van der Waals surface area contributed by atoms with E-state index in [1.807, 2.05) is 6.26 Å². The molecule has 92 valence electrons. The molecule has 1 aromatic carbocycles. The highest BCUT2D eigenvalue weighted by Gasteiger charge is 2.06. The molecular weight excluding hydrogens is 299 g/mol. The van der Waals surface area contributed by atoms with Crippen LogP contribution in [0.25, 0.3) is 0 Å². The Bertz CT molecular complexity index is 466. The Balaban J connectivity index is 2.95. The van der Waals surface area contributed by atoms with Gasteiger partial charge in [-0.05, 0) is 18.4 Å². The molecule has 0 bridgehead atoms. The van der Waals surface area contributed by atoms with E-state index in [4.69, 9.17) is 35.4 Å². The number of thiocarbonyl (C=S) groups is 1. The summed E-state index contributed by atoms with van der Waals surface area (Å²) >= 11 is 18.1. The smallest absolute Gasteiger partial charge is 0.156 e. The van der Waals surface area contributed by atoms with Gasteiger partial charge in [0.25, 0.3) is 0 Å². The van der Waals surface area contributed by atoms with Gasteiger partial charge in [0, 0.05) is 17.6 Å². The number of halogens is 2. The highest BCUT2D eigenvalue weighted by molar-refractivity contribution is 8.22. The van der Waals surface area contributed by atoms with Crippen molar-refractivity contribution in [3.63, 3.8) is 0 Å². The van der Waals surface area contributed by atoms with Crippen LogP contribution in [0.2, 0.25) is 10.0 Å². The molecule has 0 saturated heterocycles. The first-order valence-corrected chi connectivity index (χ1v) is 6.88. The lowest BCUT2D eigenvalue weighted by Crippen LogP contribution is -2.15. The van der Waals surface area contributed by atoms with Gasteiger partial charge in [-0.3, -0.25) is 5.01 Å². The molecule has 3 nitrogen and oxygen atoms in total. The Morgan fingerprint density at radius 3 is 2.76 bits per heavy atom. The summed E-state index contributed by atoms with van der Waals surface area (Å²) in [4.78, 5) is 0. The zero-order valence-corrected chi connectivity index (χ0v) is 12.3. The predicted molar refractivity (Wildman–Crippen MR) is 79.6 cm³/mol. The predicted octanol–water partition coefficient (Wildman–Crippen LogP) is 3.61. The molecule has 0 aliphatic carbocycles. The quantitative estimate of drug-likeness (QED) is 0.514. The number of phenols is 1. The van der Waals surface area contributed by atoms with Crippen molar-refractivity contribution in [1.82, 2.24) is 5.01 Å². The maximum Gasteiger partial charge on any atom is 0.156 e. The van der Waals surface area contributed by atoms with Gasteiger partial charge >= 0.3 is 0 Å². The third kappa shape index (κ3) is 4.03. The van der Waals surface area contributed by atoms with Crippen LogP contribution in [0.1, 0.15) is 5.56 Å². The van der Waals surface area contributed by atoms with E-state index in [0.29, 0.717) is 14.9 Å². The van der Waals surface area contributed by atoms with Gasteiger partial charge in [0.2, 0.25) is 0 Å². The fraction of sp³-hybridized carbons (Fsp3) is 0.200. The van der Waals surface area contributed by atoms with E-state index >= 15 is 0 Å². The van der Waals surface area contributed by atoms with Crippen molar-refractivity contribution in [2.45, 2.75) is 0 Å². The SMILES string of the molecule is CSC(=S)N(C)N=Cc1cc(Cl)cc(Cl)c1O. The molecule has 0 saturated carbocycles. The molecule has 0 atom stereocenters. The Kier molecular flexibility index (Phi) is 5.52. The van der Waals surface area contributed by atoms with Gasteiger partial charge in [-0.25, -0.2) is 0 Å². The molecule has 0 aliphatic rings. The number of rotatable bonds is 2. The normalized spacial score (nSPS) is 10.8. The molecule has 1 N–H and O–H groups in total.